The molecule has 0 aliphatic heterocycles. The standard InChI is InChI=1S/C11H11NO3S3/c13-18(14,15)7-3-5-9(16)11-12-8-4-1-2-6-10(8)17-11/h1-2,4,6H,3,5,7H2,(H,13,14,15). The van der Waals surface area contributed by atoms with E-state index in [4.69, 9.17) is 16.8 Å². The second-order valence-corrected chi connectivity index (χ2v) is 6.90. The highest BCUT2D eigenvalue weighted by molar-refractivity contribution is 7.85. The zero-order valence-electron chi connectivity index (χ0n) is 9.37. The molecule has 0 unspecified atom stereocenters. The highest BCUT2D eigenvalue weighted by Crippen LogP contribution is 2.23. The van der Waals surface area contributed by atoms with Crippen molar-refractivity contribution in [2.75, 3.05) is 5.75 Å². The van der Waals surface area contributed by atoms with Gasteiger partial charge in [-0.3, -0.25) is 4.55 Å². The molecule has 0 aliphatic carbocycles. The van der Waals surface area contributed by atoms with Gasteiger partial charge < -0.3 is 0 Å². The first-order valence-corrected chi connectivity index (χ1v) is 8.13. The maximum Gasteiger partial charge on any atom is 0.264 e. The van der Waals surface area contributed by atoms with E-state index >= 15 is 0 Å². The first-order valence-electron chi connectivity index (χ1n) is 5.30. The summed E-state index contributed by atoms with van der Waals surface area (Å²) in [5, 5.41) is 0.751. The maximum absolute atomic E-state index is 10.6. The van der Waals surface area contributed by atoms with Crippen molar-refractivity contribution in [3.63, 3.8) is 0 Å². The molecular weight excluding hydrogens is 290 g/mol. The molecule has 0 amide bonds. The van der Waals surface area contributed by atoms with Crippen LogP contribution in [0.5, 0.6) is 0 Å². The lowest BCUT2D eigenvalue weighted by atomic mass is 10.2. The number of hydrogen-bond acceptors (Lipinski definition) is 5. The van der Waals surface area contributed by atoms with Crippen molar-refractivity contribution in [1.82, 2.24) is 4.98 Å². The fraction of sp³-hybridized carbons (Fsp3) is 0.273. The molecule has 0 radical (unpaired) electrons. The van der Waals surface area contributed by atoms with Crippen LogP contribution in [0, 0.1) is 0 Å². The molecule has 0 aliphatic rings. The molecule has 0 fully saturated rings. The predicted molar refractivity (Wildman–Crippen MR) is 77.0 cm³/mol. The summed E-state index contributed by atoms with van der Waals surface area (Å²) in [6.07, 6.45) is 0.753. The average molecular weight is 301 g/mol. The summed E-state index contributed by atoms with van der Waals surface area (Å²) < 4.78 is 30.9. The van der Waals surface area contributed by atoms with Crippen LogP contribution < -0.4 is 0 Å². The second kappa shape index (κ2) is 5.40. The van der Waals surface area contributed by atoms with Gasteiger partial charge in [0.25, 0.3) is 10.1 Å². The van der Waals surface area contributed by atoms with Crippen LogP contribution in [0.15, 0.2) is 24.3 Å². The molecule has 0 bridgehead atoms. The third kappa shape index (κ3) is 3.55. The van der Waals surface area contributed by atoms with E-state index in [-0.39, 0.29) is 5.75 Å². The normalized spacial score (nSPS) is 11.8. The van der Waals surface area contributed by atoms with Crippen LogP contribution in [0.3, 0.4) is 0 Å². The third-order valence-electron chi connectivity index (χ3n) is 2.34. The van der Waals surface area contributed by atoms with E-state index in [1.54, 1.807) is 0 Å². The lowest BCUT2D eigenvalue weighted by Gasteiger charge is -1.98. The summed E-state index contributed by atoms with van der Waals surface area (Å²) >= 11 is 6.72. The number of nitrogens with zero attached hydrogens (tertiary/aromatic N) is 1. The van der Waals surface area contributed by atoms with Gasteiger partial charge in [0.05, 0.1) is 20.8 Å². The molecule has 1 aromatic heterocycles. The fourth-order valence-electron chi connectivity index (χ4n) is 1.51. The van der Waals surface area contributed by atoms with Crippen LogP contribution in [0.25, 0.3) is 10.2 Å². The predicted octanol–water partition coefficient (Wildman–Crippen LogP) is 2.68. The van der Waals surface area contributed by atoms with Gasteiger partial charge in [-0.15, -0.1) is 11.3 Å². The molecule has 0 saturated heterocycles. The third-order valence-corrected chi connectivity index (χ3v) is 4.77. The number of thiocarbonyl (C=S) groups is 1. The Labute approximate surface area is 114 Å². The lowest BCUT2D eigenvalue weighted by Crippen LogP contribution is -2.06. The van der Waals surface area contributed by atoms with Gasteiger partial charge in [-0.05, 0) is 25.0 Å². The van der Waals surface area contributed by atoms with Gasteiger partial charge in [0.1, 0.15) is 5.01 Å². The minimum absolute atomic E-state index is 0.266. The van der Waals surface area contributed by atoms with E-state index in [1.807, 2.05) is 24.3 Å². The minimum atomic E-state index is -3.90. The summed E-state index contributed by atoms with van der Waals surface area (Å²) in [7, 11) is -3.90. The van der Waals surface area contributed by atoms with Gasteiger partial charge in [0, 0.05) is 0 Å². The Bertz CT molecular complexity index is 643. The van der Waals surface area contributed by atoms with E-state index < -0.39 is 10.1 Å². The Balaban J connectivity index is 2.05. The summed E-state index contributed by atoms with van der Waals surface area (Å²) in [4.78, 5) is 5.03. The first-order chi connectivity index (χ1) is 8.46. The minimum Gasteiger partial charge on any atom is -0.286 e. The molecule has 2 rings (SSSR count). The lowest BCUT2D eigenvalue weighted by molar-refractivity contribution is 0.481. The van der Waals surface area contributed by atoms with Crippen molar-refractivity contribution in [3.8, 4) is 0 Å². The quantitative estimate of drug-likeness (QED) is 0.522. The van der Waals surface area contributed by atoms with E-state index in [1.165, 1.54) is 11.3 Å². The maximum atomic E-state index is 10.6. The van der Waals surface area contributed by atoms with E-state index in [9.17, 15) is 8.42 Å². The summed E-state index contributed by atoms with van der Waals surface area (Å²) in [5.74, 6) is -0.266. The fourth-order valence-corrected chi connectivity index (χ4v) is 3.27. The Hall–Kier alpha value is -0.890. The van der Waals surface area contributed by atoms with Crippen LogP contribution in [0.2, 0.25) is 0 Å². The molecular formula is C11H11NO3S3. The van der Waals surface area contributed by atoms with E-state index in [0.717, 1.165) is 15.2 Å². The Morgan fingerprint density at radius 2 is 2.11 bits per heavy atom. The molecule has 1 N–H and O–H groups in total. The topological polar surface area (TPSA) is 67.3 Å². The van der Waals surface area contributed by atoms with Crippen LogP contribution in [-0.4, -0.2) is 28.6 Å². The van der Waals surface area contributed by atoms with Crippen molar-refractivity contribution < 1.29 is 13.0 Å². The zero-order valence-corrected chi connectivity index (χ0v) is 11.8. The van der Waals surface area contributed by atoms with Gasteiger partial charge >= 0.3 is 0 Å². The Morgan fingerprint density at radius 3 is 2.78 bits per heavy atom. The molecule has 18 heavy (non-hydrogen) atoms. The molecule has 7 heteroatoms. The number of thiazole rings is 1. The van der Waals surface area contributed by atoms with Crippen LogP contribution >= 0.6 is 23.6 Å². The molecule has 0 atom stereocenters. The molecule has 0 saturated carbocycles. The second-order valence-electron chi connectivity index (χ2n) is 3.80. The van der Waals surface area contributed by atoms with Gasteiger partial charge in [-0.25, -0.2) is 4.98 Å². The van der Waals surface area contributed by atoms with Crippen molar-refractivity contribution in [2.24, 2.45) is 0 Å². The smallest absolute Gasteiger partial charge is 0.264 e. The van der Waals surface area contributed by atoms with Crippen LogP contribution in [0.4, 0.5) is 0 Å². The number of benzene rings is 1. The highest BCUT2D eigenvalue weighted by atomic mass is 32.2. The Morgan fingerprint density at radius 1 is 1.39 bits per heavy atom. The number of rotatable bonds is 5. The van der Waals surface area contributed by atoms with Crippen molar-refractivity contribution in [2.45, 2.75) is 12.8 Å². The number of fused-ring (bicyclic) bond motifs is 1. The molecule has 96 valence electrons. The van der Waals surface area contributed by atoms with Gasteiger partial charge in [0.2, 0.25) is 0 Å². The number of aromatic nitrogens is 1. The Kier molecular flexibility index (Phi) is 4.06. The first kappa shape index (κ1) is 13.5. The molecule has 0 spiro atoms. The van der Waals surface area contributed by atoms with Crippen molar-refractivity contribution >= 4 is 48.8 Å². The van der Waals surface area contributed by atoms with Crippen LogP contribution in [-0.2, 0) is 10.1 Å². The van der Waals surface area contributed by atoms with Gasteiger partial charge in [-0.1, -0.05) is 24.4 Å². The SMILES string of the molecule is O=S(=O)(O)CCCC(=S)c1nc2ccccc2s1. The largest absolute Gasteiger partial charge is 0.286 e. The summed E-state index contributed by atoms with van der Waals surface area (Å²) in [5.41, 5.74) is 0.898. The highest BCUT2D eigenvalue weighted by Gasteiger charge is 2.10. The van der Waals surface area contributed by atoms with Crippen molar-refractivity contribution in [3.05, 3.63) is 29.3 Å². The van der Waals surface area contributed by atoms with Gasteiger partial charge in [0.15, 0.2) is 0 Å². The molecule has 1 aromatic carbocycles. The van der Waals surface area contributed by atoms with Crippen molar-refractivity contribution in [1.29, 1.82) is 0 Å². The monoisotopic (exact) mass is 301 g/mol. The van der Waals surface area contributed by atoms with E-state index in [0.29, 0.717) is 17.7 Å². The zero-order chi connectivity index (χ0) is 13.2. The molecule has 4 nitrogen and oxygen atoms in total. The average Bonchev–Trinajstić information content (AvgIpc) is 2.70. The molecule has 1 heterocycles. The van der Waals surface area contributed by atoms with Gasteiger partial charge in [-0.2, -0.15) is 8.42 Å². The summed E-state index contributed by atoms with van der Waals surface area (Å²) in [6, 6.07) is 7.73. The van der Waals surface area contributed by atoms with E-state index in [2.05, 4.69) is 4.98 Å². The molecule has 2 aromatic rings. The summed E-state index contributed by atoms with van der Waals surface area (Å²) in [6.45, 7) is 0. The number of hydrogen-bond donors (Lipinski definition) is 1. The number of para-hydroxylation sites is 1. The van der Waals surface area contributed by atoms with Crippen LogP contribution in [0.1, 0.15) is 17.8 Å².